The maximum absolute atomic E-state index is 2.22. The van der Waals surface area contributed by atoms with Crippen LogP contribution in [0.2, 0.25) is 0 Å². The molecule has 0 atom stereocenters. The molecule has 0 aromatic heterocycles. The predicted molar refractivity (Wildman–Crippen MR) is 118 cm³/mol. The first kappa shape index (κ1) is 30.6. The lowest BCUT2D eigenvalue weighted by atomic mass is 9.87. The Hall–Kier alpha value is -1.30. The van der Waals surface area contributed by atoms with Crippen molar-refractivity contribution >= 4 is 0 Å². The summed E-state index contributed by atoms with van der Waals surface area (Å²) in [5, 5.41) is 0. The fourth-order valence-corrected chi connectivity index (χ4v) is 1.33. The normalized spacial score (nSPS) is 10.5. The summed E-state index contributed by atoms with van der Waals surface area (Å²) in [6.07, 6.45) is 9.50. The summed E-state index contributed by atoms with van der Waals surface area (Å²) >= 11 is 0. The van der Waals surface area contributed by atoms with Crippen LogP contribution in [0.25, 0.3) is 0 Å². The maximum Gasteiger partial charge on any atom is -0.0132 e. The van der Waals surface area contributed by atoms with Crippen LogP contribution in [0.4, 0.5) is 0 Å². The molecule has 0 bridgehead atoms. The van der Waals surface area contributed by atoms with Gasteiger partial charge in [-0.2, -0.15) is 0 Å². The average Bonchev–Trinajstić information content (AvgIpc) is 3.10. The average molecular weight is 335 g/mol. The first-order valence-corrected chi connectivity index (χ1v) is 9.21. The van der Waals surface area contributed by atoms with E-state index in [-0.39, 0.29) is 7.43 Å². The minimum Gasteiger partial charge on any atom is -0.0808 e. The van der Waals surface area contributed by atoms with E-state index in [1.54, 1.807) is 0 Å². The lowest BCUT2D eigenvalue weighted by molar-refractivity contribution is 0.590. The van der Waals surface area contributed by atoms with Crippen molar-refractivity contribution in [2.24, 2.45) is 5.92 Å². The van der Waals surface area contributed by atoms with Gasteiger partial charge in [0.15, 0.2) is 0 Å². The minimum atomic E-state index is 0. The van der Waals surface area contributed by atoms with Crippen LogP contribution in [0.15, 0.2) is 54.6 Å². The van der Waals surface area contributed by atoms with Crippen LogP contribution in [0.3, 0.4) is 0 Å². The van der Waals surface area contributed by atoms with Gasteiger partial charge in [-0.3, -0.25) is 0 Å². The molecule has 0 saturated carbocycles. The molecule has 0 fully saturated rings. The maximum atomic E-state index is 2.22. The van der Waals surface area contributed by atoms with Crippen LogP contribution >= 0.6 is 0 Å². The van der Waals surface area contributed by atoms with Crippen molar-refractivity contribution in [1.29, 1.82) is 0 Å². The van der Waals surface area contributed by atoms with E-state index in [2.05, 4.69) is 96.2 Å². The van der Waals surface area contributed by atoms with E-state index in [4.69, 9.17) is 0 Å². The lowest BCUT2D eigenvalue weighted by Crippen LogP contribution is -2.10. The van der Waals surface area contributed by atoms with E-state index < -0.39 is 0 Å². The fraction of sp³-hybridized carbons (Fsp3) is 0.583. The van der Waals surface area contributed by atoms with Crippen molar-refractivity contribution in [3.63, 3.8) is 0 Å². The van der Waals surface area contributed by atoms with Crippen LogP contribution in [0.1, 0.15) is 88.6 Å². The summed E-state index contributed by atoms with van der Waals surface area (Å²) in [6.45, 7) is 21.2. The van der Waals surface area contributed by atoms with Gasteiger partial charge in [0.25, 0.3) is 0 Å². The summed E-state index contributed by atoms with van der Waals surface area (Å²) in [5.74, 6) is 0.833. The van der Waals surface area contributed by atoms with Gasteiger partial charge in [0, 0.05) is 0 Å². The third kappa shape index (κ3) is 25.6. The highest BCUT2D eigenvalue weighted by Crippen LogP contribution is 2.20. The zero-order valence-corrected chi connectivity index (χ0v) is 17.5. The van der Waals surface area contributed by atoms with Gasteiger partial charge in [0.1, 0.15) is 0 Å². The van der Waals surface area contributed by atoms with Crippen molar-refractivity contribution in [1.82, 2.24) is 0 Å². The standard InChI is InChI=1S/C10H14.C5H6.C4H10.2C2H6.CH4/c1-10(2,3)9-7-5-4-6-8-9;1-2-4-5-3-1;1-4(2)3;2*1-2;/h4-8H,1-3H3;1-4H,5H2;4H,1-3H3;2*1-2H3;1H4. The summed E-state index contributed by atoms with van der Waals surface area (Å²) < 4.78 is 0. The number of allylic oxidation sites excluding steroid dienone is 4. The molecular weight excluding hydrogens is 288 g/mol. The second kappa shape index (κ2) is 21.7. The van der Waals surface area contributed by atoms with E-state index in [0.29, 0.717) is 5.41 Å². The smallest absolute Gasteiger partial charge is 0.0132 e. The van der Waals surface area contributed by atoms with Gasteiger partial charge < -0.3 is 0 Å². The molecule has 1 aliphatic rings. The first-order valence-electron chi connectivity index (χ1n) is 9.21. The van der Waals surface area contributed by atoms with Gasteiger partial charge in [-0.1, -0.05) is 131 Å². The van der Waals surface area contributed by atoms with Crippen molar-refractivity contribution < 1.29 is 0 Å². The number of hydrogen-bond acceptors (Lipinski definition) is 0. The molecule has 0 N–H and O–H groups in total. The monoisotopic (exact) mass is 334 g/mol. The Kier molecular flexibility index (Phi) is 27.6. The Bertz CT molecular complexity index is 348. The van der Waals surface area contributed by atoms with E-state index in [1.165, 1.54) is 5.56 Å². The Morgan fingerprint density at radius 1 is 0.750 bits per heavy atom. The second-order valence-electron chi connectivity index (χ2n) is 6.44. The van der Waals surface area contributed by atoms with Crippen LogP contribution < -0.4 is 0 Å². The van der Waals surface area contributed by atoms with E-state index in [1.807, 2.05) is 27.7 Å². The van der Waals surface area contributed by atoms with Crippen LogP contribution in [0.5, 0.6) is 0 Å². The molecule has 0 spiro atoms. The third-order valence-corrected chi connectivity index (χ3v) is 2.30. The molecule has 2 rings (SSSR count). The molecule has 0 heteroatoms. The zero-order valence-electron chi connectivity index (χ0n) is 17.5. The summed E-state index contributed by atoms with van der Waals surface area (Å²) in [4.78, 5) is 0. The van der Waals surface area contributed by atoms with E-state index in [9.17, 15) is 0 Å². The van der Waals surface area contributed by atoms with Crippen LogP contribution in [0, 0.1) is 5.92 Å². The molecule has 1 aromatic rings. The SMILES string of the molecule is C.C1=CCC=C1.CC.CC.CC(C)(C)c1ccccc1.CC(C)C. The summed E-state index contributed by atoms with van der Waals surface area (Å²) in [5.41, 5.74) is 1.69. The molecule has 0 unspecified atom stereocenters. The number of benzene rings is 1. The highest BCUT2D eigenvalue weighted by atomic mass is 14.2. The molecule has 0 radical (unpaired) electrons. The summed E-state index contributed by atoms with van der Waals surface area (Å²) in [7, 11) is 0. The van der Waals surface area contributed by atoms with Gasteiger partial charge in [0.05, 0.1) is 0 Å². The van der Waals surface area contributed by atoms with Crippen molar-refractivity contribution in [3.05, 3.63) is 60.2 Å². The summed E-state index contributed by atoms with van der Waals surface area (Å²) in [6, 6.07) is 10.6. The molecule has 0 saturated heterocycles. The Labute approximate surface area is 155 Å². The molecule has 142 valence electrons. The van der Waals surface area contributed by atoms with Gasteiger partial charge in [-0.15, -0.1) is 0 Å². The first-order chi connectivity index (χ1) is 10.8. The van der Waals surface area contributed by atoms with Gasteiger partial charge in [-0.05, 0) is 23.3 Å². The predicted octanol–water partition coefficient (Wildman–Crippen LogP) is 8.84. The quantitative estimate of drug-likeness (QED) is 0.444. The number of hydrogen-bond donors (Lipinski definition) is 0. The van der Waals surface area contributed by atoms with Gasteiger partial charge in [-0.25, -0.2) is 0 Å². The molecule has 0 heterocycles. The fourth-order valence-electron chi connectivity index (χ4n) is 1.33. The largest absolute Gasteiger partial charge is 0.0808 e. The van der Waals surface area contributed by atoms with E-state index >= 15 is 0 Å². The van der Waals surface area contributed by atoms with Crippen LogP contribution in [-0.4, -0.2) is 0 Å². The zero-order chi connectivity index (χ0) is 18.7. The third-order valence-electron chi connectivity index (χ3n) is 2.30. The highest BCUT2D eigenvalue weighted by molar-refractivity contribution is 5.22. The molecule has 1 aromatic carbocycles. The Morgan fingerprint density at radius 2 is 1.08 bits per heavy atom. The van der Waals surface area contributed by atoms with Crippen LogP contribution in [-0.2, 0) is 5.41 Å². The Balaban J connectivity index is -0.000000122. The minimum absolute atomic E-state index is 0. The lowest BCUT2D eigenvalue weighted by Gasteiger charge is -2.18. The van der Waals surface area contributed by atoms with Crippen molar-refractivity contribution in [3.8, 4) is 0 Å². The van der Waals surface area contributed by atoms with E-state index in [0.717, 1.165) is 12.3 Å². The highest BCUT2D eigenvalue weighted by Gasteiger charge is 2.11. The molecule has 0 nitrogen and oxygen atoms in total. The molecule has 0 amide bonds. The van der Waals surface area contributed by atoms with Crippen molar-refractivity contribution in [2.45, 2.75) is 88.5 Å². The molecule has 1 aliphatic carbocycles. The van der Waals surface area contributed by atoms with Gasteiger partial charge in [0.2, 0.25) is 0 Å². The molecule has 0 aliphatic heterocycles. The number of rotatable bonds is 0. The Morgan fingerprint density at radius 3 is 1.25 bits per heavy atom. The second-order valence-corrected chi connectivity index (χ2v) is 6.44. The van der Waals surface area contributed by atoms with Crippen molar-refractivity contribution in [2.75, 3.05) is 0 Å². The molecular formula is C24H46. The van der Waals surface area contributed by atoms with Gasteiger partial charge >= 0.3 is 0 Å². The molecule has 24 heavy (non-hydrogen) atoms. The topological polar surface area (TPSA) is 0 Å².